The quantitative estimate of drug-likeness (QED) is 0.861. The SMILES string of the molecule is O=C(O)c1cc(Br)cc(Br)c1[O-]. The molecule has 0 unspecified atom stereocenters. The summed E-state index contributed by atoms with van der Waals surface area (Å²) in [6, 6.07) is 2.78. The maximum Gasteiger partial charge on any atom is 0.335 e. The highest BCUT2D eigenvalue weighted by Crippen LogP contribution is 2.29. The molecule has 0 aromatic heterocycles. The van der Waals surface area contributed by atoms with Crippen LogP contribution in [-0.4, -0.2) is 11.1 Å². The van der Waals surface area contributed by atoms with Crippen LogP contribution < -0.4 is 5.11 Å². The van der Waals surface area contributed by atoms with Gasteiger partial charge < -0.3 is 10.2 Å². The number of hydrogen-bond acceptors (Lipinski definition) is 2. The summed E-state index contributed by atoms with van der Waals surface area (Å²) in [5, 5.41) is 19.7. The van der Waals surface area contributed by atoms with Gasteiger partial charge in [-0.25, -0.2) is 4.79 Å². The highest BCUT2D eigenvalue weighted by Gasteiger charge is 2.06. The van der Waals surface area contributed by atoms with Crippen molar-refractivity contribution < 1.29 is 15.0 Å². The van der Waals surface area contributed by atoms with E-state index in [9.17, 15) is 9.90 Å². The van der Waals surface area contributed by atoms with Crippen LogP contribution in [0.15, 0.2) is 21.1 Å². The van der Waals surface area contributed by atoms with Crippen LogP contribution in [0.25, 0.3) is 0 Å². The molecule has 0 amide bonds. The lowest BCUT2D eigenvalue weighted by molar-refractivity contribution is -0.270. The van der Waals surface area contributed by atoms with Crippen LogP contribution in [-0.2, 0) is 0 Å². The molecule has 0 aliphatic rings. The van der Waals surface area contributed by atoms with Crippen molar-refractivity contribution in [3.05, 3.63) is 26.6 Å². The molecule has 0 atom stereocenters. The lowest BCUT2D eigenvalue weighted by atomic mass is 10.2. The van der Waals surface area contributed by atoms with E-state index in [1.54, 1.807) is 0 Å². The average Bonchev–Trinajstić information content (AvgIpc) is 1.96. The van der Waals surface area contributed by atoms with Gasteiger partial charge in [0, 0.05) is 8.95 Å². The Morgan fingerprint density at radius 3 is 2.50 bits per heavy atom. The van der Waals surface area contributed by atoms with Crippen molar-refractivity contribution in [1.82, 2.24) is 0 Å². The molecule has 0 aliphatic carbocycles. The fraction of sp³-hybridized carbons (Fsp3) is 0. The van der Waals surface area contributed by atoms with E-state index >= 15 is 0 Å². The van der Waals surface area contributed by atoms with E-state index in [4.69, 9.17) is 5.11 Å². The van der Waals surface area contributed by atoms with Crippen molar-refractivity contribution in [1.29, 1.82) is 0 Å². The minimum atomic E-state index is -1.22. The molecule has 0 aliphatic heterocycles. The van der Waals surface area contributed by atoms with Crippen LogP contribution in [0.3, 0.4) is 0 Å². The Hall–Kier alpha value is -0.550. The van der Waals surface area contributed by atoms with E-state index in [0.717, 1.165) is 0 Å². The van der Waals surface area contributed by atoms with E-state index < -0.39 is 11.7 Å². The summed E-state index contributed by atoms with van der Waals surface area (Å²) in [4.78, 5) is 10.5. The lowest BCUT2D eigenvalue weighted by Crippen LogP contribution is -2.04. The third-order valence-electron chi connectivity index (χ3n) is 1.24. The Bertz CT molecular complexity index is 336. The molecule has 12 heavy (non-hydrogen) atoms. The summed E-state index contributed by atoms with van der Waals surface area (Å²) >= 11 is 6.04. The third kappa shape index (κ3) is 1.78. The zero-order valence-electron chi connectivity index (χ0n) is 5.67. The molecule has 1 aromatic rings. The highest BCUT2D eigenvalue weighted by atomic mass is 79.9. The molecule has 3 nitrogen and oxygen atoms in total. The second-order valence-corrected chi connectivity index (χ2v) is 3.84. The Morgan fingerprint density at radius 2 is 2.00 bits per heavy atom. The van der Waals surface area contributed by atoms with Gasteiger partial charge in [0.1, 0.15) is 0 Å². The third-order valence-corrected chi connectivity index (χ3v) is 2.29. The van der Waals surface area contributed by atoms with Gasteiger partial charge in [0.05, 0.1) is 5.56 Å². The molecule has 0 spiro atoms. The first kappa shape index (κ1) is 9.54. The second kappa shape index (κ2) is 3.45. The molecule has 0 heterocycles. The van der Waals surface area contributed by atoms with Crippen molar-refractivity contribution in [3.63, 3.8) is 0 Å². The molecule has 1 rings (SSSR count). The molecule has 1 N–H and O–H groups in total. The van der Waals surface area contributed by atoms with Crippen molar-refractivity contribution in [2.24, 2.45) is 0 Å². The molecule has 0 saturated carbocycles. The maximum atomic E-state index is 11.1. The smallest absolute Gasteiger partial charge is 0.335 e. The van der Waals surface area contributed by atoms with Gasteiger partial charge in [-0.3, -0.25) is 0 Å². The summed E-state index contributed by atoms with van der Waals surface area (Å²) in [5.41, 5.74) is -0.240. The van der Waals surface area contributed by atoms with Gasteiger partial charge in [0.15, 0.2) is 0 Å². The first-order chi connectivity index (χ1) is 5.52. The molecular weight excluding hydrogens is 292 g/mol. The van der Waals surface area contributed by atoms with Gasteiger partial charge >= 0.3 is 5.97 Å². The van der Waals surface area contributed by atoms with Crippen LogP contribution in [0.2, 0.25) is 0 Å². The van der Waals surface area contributed by atoms with E-state index in [2.05, 4.69) is 31.9 Å². The van der Waals surface area contributed by atoms with Crippen LogP contribution in [0.1, 0.15) is 10.4 Å². The van der Waals surface area contributed by atoms with E-state index in [1.165, 1.54) is 12.1 Å². The Balaban J connectivity index is 3.37. The number of hydrogen-bond donors (Lipinski definition) is 1. The number of carboxylic acids is 1. The van der Waals surface area contributed by atoms with Gasteiger partial charge in [-0.1, -0.05) is 37.6 Å². The van der Waals surface area contributed by atoms with Gasteiger partial charge in [0.25, 0.3) is 0 Å². The van der Waals surface area contributed by atoms with Gasteiger partial charge in [-0.2, -0.15) is 0 Å². The standard InChI is InChI=1S/C7H4Br2O3/c8-3-1-4(7(11)12)6(10)5(9)2-3/h1-2,10H,(H,11,12)/p-1. The van der Waals surface area contributed by atoms with Gasteiger partial charge in [0.2, 0.25) is 0 Å². The minimum Gasteiger partial charge on any atom is -0.871 e. The topological polar surface area (TPSA) is 60.4 Å². The number of rotatable bonds is 1. The Labute approximate surface area is 85.3 Å². The highest BCUT2D eigenvalue weighted by molar-refractivity contribution is 9.11. The summed E-state index contributed by atoms with van der Waals surface area (Å²) in [5.74, 6) is -1.73. The minimum absolute atomic E-state index is 0.240. The van der Waals surface area contributed by atoms with Crippen molar-refractivity contribution in [2.45, 2.75) is 0 Å². The Morgan fingerprint density at radius 1 is 1.42 bits per heavy atom. The molecule has 0 fully saturated rings. The average molecular weight is 295 g/mol. The number of carbonyl (C=O) groups is 1. The molecular formula is C7H3Br2O3-. The van der Waals surface area contributed by atoms with Crippen LogP contribution in [0.5, 0.6) is 5.75 Å². The van der Waals surface area contributed by atoms with E-state index in [-0.39, 0.29) is 10.0 Å². The normalized spacial score (nSPS) is 9.83. The molecule has 0 saturated heterocycles. The van der Waals surface area contributed by atoms with Crippen LogP contribution in [0.4, 0.5) is 0 Å². The fourth-order valence-corrected chi connectivity index (χ4v) is 1.94. The first-order valence-electron chi connectivity index (χ1n) is 2.91. The largest absolute Gasteiger partial charge is 0.871 e. The molecule has 0 radical (unpaired) electrons. The zero-order chi connectivity index (χ0) is 9.30. The van der Waals surface area contributed by atoms with Crippen LogP contribution in [0, 0.1) is 0 Å². The van der Waals surface area contributed by atoms with Crippen molar-refractivity contribution in [2.75, 3.05) is 0 Å². The van der Waals surface area contributed by atoms with Crippen LogP contribution >= 0.6 is 31.9 Å². The zero-order valence-corrected chi connectivity index (χ0v) is 8.85. The van der Waals surface area contributed by atoms with E-state index in [1.807, 2.05) is 0 Å². The first-order valence-corrected chi connectivity index (χ1v) is 4.50. The van der Waals surface area contributed by atoms with Crippen molar-refractivity contribution in [3.8, 4) is 5.75 Å². The van der Waals surface area contributed by atoms with Gasteiger partial charge in [-0.15, -0.1) is 0 Å². The fourth-order valence-electron chi connectivity index (χ4n) is 0.719. The maximum absolute atomic E-state index is 11.1. The summed E-state index contributed by atoms with van der Waals surface area (Å²) in [6.07, 6.45) is 0. The number of halogens is 2. The van der Waals surface area contributed by atoms with Crippen molar-refractivity contribution >= 4 is 37.8 Å². The number of carboxylic acid groups (broad SMARTS) is 1. The predicted molar refractivity (Wildman–Crippen MR) is 48.2 cm³/mol. The molecule has 0 bridgehead atoms. The number of aromatic carboxylic acids is 1. The molecule has 64 valence electrons. The monoisotopic (exact) mass is 293 g/mol. The summed E-state index contributed by atoms with van der Waals surface area (Å²) < 4.78 is 0.806. The number of benzene rings is 1. The lowest BCUT2D eigenvalue weighted by Gasteiger charge is -2.12. The summed E-state index contributed by atoms with van der Waals surface area (Å²) in [7, 11) is 0. The molecule has 1 aromatic carbocycles. The molecule has 5 heteroatoms. The predicted octanol–water partition coefficient (Wildman–Crippen LogP) is 1.98. The summed E-state index contributed by atoms with van der Waals surface area (Å²) in [6.45, 7) is 0. The van der Waals surface area contributed by atoms with E-state index in [0.29, 0.717) is 4.47 Å². The Kier molecular flexibility index (Phi) is 2.74. The second-order valence-electron chi connectivity index (χ2n) is 2.07. The van der Waals surface area contributed by atoms with Gasteiger partial charge in [-0.05, 0) is 12.1 Å².